The van der Waals surface area contributed by atoms with Crippen LogP contribution < -0.4 is 0 Å². The molecule has 0 bridgehead atoms. The summed E-state index contributed by atoms with van der Waals surface area (Å²) in [5.41, 5.74) is -2.56. The molecule has 0 radical (unpaired) electrons. The first kappa shape index (κ1) is 12.6. The van der Waals surface area contributed by atoms with Gasteiger partial charge >= 0.3 is 6.18 Å². The summed E-state index contributed by atoms with van der Waals surface area (Å²) < 4.78 is 64.6. The molecule has 0 aromatic heterocycles. The summed E-state index contributed by atoms with van der Waals surface area (Å²) in [6.45, 7) is -0.340. The monoisotopic (exact) mass is 206 g/mol. The van der Waals surface area contributed by atoms with E-state index in [-0.39, 0.29) is 0 Å². The fourth-order valence-corrected chi connectivity index (χ4v) is 0.844. The predicted molar refractivity (Wildman–Crippen MR) is 37.0 cm³/mol. The maximum atomic E-state index is 12.9. The number of alkyl halides is 5. The second kappa shape index (κ2) is 4.21. The van der Waals surface area contributed by atoms with Gasteiger partial charge in [-0.2, -0.15) is 13.2 Å². The highest BCUT2D eigenvalue weighted by Gasteiger charge is 2.50. The van der Waals surface area contributed by atoms with Gasteiger partial charge in [-0.15, -0.1) is 0 Å². The zero-order chi connectivity index (χ0) is 10.7. The molecule has 1 atom stereocenters. The van der Waals surface area contributed by atoms with Crippen LogP contribution >= 0.6 is 0 Å². The van der Waals surface area contributed by atoms with Crippen molar-refractivity contribution in [3.63, 3.8) is 0 Å². The van der Waals surface area contributed by atoms with Crippen LogP contribution in [0.3, 0.4) is 0 Å². The van der Waals surface area contributed by atoms with Gasteiger partial charge in [0.05, 0.1) is 6.61 Å². The summed E-state index contributed by atoms with van der Waals surface area (Å²) in [6, 6.07) is 0. The van der Waals surface area contributed by atoms with Crippen molar-refractivity contribution in [2.75, 3.05) is 13.3 Å². The number of hydrogen-bond acceptors (Lipinski definition) is 1. The van der Waals surface area contributed by atoms with E-state index in [4.69, 9.17) is 0 Å². The van der Waals surface area contributed by atoms with Crippen LogP contribution in [0.15, 0.2) is 0 Å². The molecule has 0 heterocycles. The molecule has 0 rings (SSSR count). The van der Waals surface area contributed by atoms with E-state index in [2.05, 4.69) is 4.74 Å². The first-order valence-corrected chi connectivity index (χ1v) is 3.62. The number of ether oxygens (including phenoxy) is 1. The van der Waals surface area contributed by atoms with Gasteiger partial charge in [0.2, 0.25) is 0 Å². The van der Waals surface area contributed by atoms with Crippen LogP contribution in [0.4, 0.5) is 22.0 Å². The van der Waals surface area contributed by atoms with E-state index in [1.54, 1.807) is 0 Å². The molecule has 1 nitrogen and oxygen atoms in total. The SMILES string of the molecule is CC(C)(F)C(OCCF)C(F)(F)F. The Bertz CT molecular complexity index is 134. The molecule has 0 saturated carbocycles. The number of hydrogen-bond donors (Lipinski definition) is 0. The normalized spacial score (nSPS) is 15.9. The second-order valence-corrected chi connectivity index (χ2v) is 3.05. The quantitative estimate of drug-likeness (QED) is 0.642. The molecule has 80 valence electrons. The minimum absolute atomic E-state index is 0.739. The van der Waals surface area contributed by atoms with Crippen LogP contribution in [-0.2, 0) is 4.74 Å². The molecule has 0 aliphatic heterocycles. The van der Waals surface area contributed by atoms with Gasteiger partial charge in [0.1, 0.15) is 12.3 Å². The Morgan fingerprint density at radius 1 is 1.15 bits per heavy atom. The van der Waals surface area contributed by atoms with Gasteiger partial charge in [0, 0.05) is 0 Å². The molecule has 0 aliphatic carbocycles. The Hall–Kier alpha value is -0.390. The van der Waals surface area contributed by atoms with Gasteiger partial charge in [-0.05, 0) is 13.8 Å². The highest BCUT2D eigenvalue weighted by atomic mass is 19.4. The van der Waals surface area contributed by atoms with Crippen molar-refractivity contribution >= 4 is 0 Å². The Kier molecular flexibility index (Phi) is 4.09. The zero-order valence-electron chi connectivity index (χ0n) is 7.29. The summed E-state index contributed by atoms with van der Waals surface area (Å²) >= 11 is 0. The minimum Gasteiger partial charge on any atom is -0.363 e. The molecule has 0 spiro atoms. The summed E-state index contributed by atoms with van der Waals surface area (Å²) in [6.07, 6.45) is -7.39. The lowest BCUT2D eigenvalue weighted by atomic mass is 10.0. The largest absolute Gasteiger partial charge is 0.417 e. The standard InChI is InChI=1S/C7H11F5O/c1-6(2,9)5(7(10,11)12)13-4-3-8/h5H,3-4H2,1-2H3. The highest BCUT2D eigenvalue weighted by molar-refractivity contribution is 4.84. The molecule has 0 aromatic carbocycles. The summed E-state index contributed by atoms with van der Waals surface area (Å²) in [4.78, 5) is 0. The van der Waals surface area contributed by atoms with E-state index in [0.717, 1.165) is 13.8 Å². The topological polar surface area (TPSA) is 9.23 Å². The summed E-state index contributed by atoms with van der Waals surface area (Å²) in [7, 11) is 0. The zero-order valence-corrected chi connectivity index (χ0v) is 7.29. The fourth-order valence-electron chi connectivity index (χ4n) is 0.844. The first-order chi connectivity index (χ1) is 5.69. The average molecular weight is 206 g/mol. The van der Waals surface area contributed by atoms with E-state index in [1.165, 1.54) is 0 Å². The van der Waals surface area contributed by atoms with Crippen LogP contribution in [0, 0.1) is 0 Å². The van der Waals surface area contributed by atoms with Crippen LogP contribution in [0.2, 0.25) is 0 Å². The van der Waals surface area contributed by atoms with Crippen LogP contribution in [0.25, 0.3) is 0 Å². The van der Waals surface area contributed by atoms with Gasteiger partial charge in [-0.1, -0.05) is 0 Å². The van der Waals surface area contributed by atoms with E-state index < -0.39 is 31.2 Å². The lowest BCUT2D eigenvalue weighted by Gasteiger charge is -2.28. The van der Waals surface area contributed by atoms with Crippen molar-refractivity contribution in [1.29, 1.82) is 0 Å². The van der Waals surface area contributed by atoms with E-state index in [0.29, 0.717) is 0 Å². The molecular weight excluding hydrogens is 195 g/mol. The lowest BCUT2D eigenvalue weighted by Crippen LogP contribution is -2.46. The lowest BCUT2D eigenvalue weighted by molar-refractivity contribution is -0.253. The van der Waals surface area contributed by atoms with Crippen molar-refractivity contribution in [2.24, 2.45) is 0 Å². The molecular formula is C7H11F5O. The van der Waals surface area contributed by atoms with Gasteiger partial charge in [0.25, 0.3) is 0 Å². The molecule has 0 aromatic rings. The Morgan fingerprint density at radius 3 is 1.85 bits per heavy atom. The maximum absolute atomic E-state index is 12.9. The van der Waals surface area contributed by atoms with Crippen molar-refractivity contribution in [1.82, 2.24) is 0 Å². The molecule has 0 aliphatic rings. The highest BCUT2D eigenvalue weighted by Crippen LogP contribution is 2.32. The summed E-state index contributed by atoms with van der Waals surface area (Å²) in [5.74, 6) is 0. The molecule has 0 fully saturated rings. The number of halogens is 5. The average Bonchev–Trinajstić information content (AvgIpc) is 1.81. The third-order valence-electron chi connectivity index (χ3n) is 1.28. The predicted octanol–water partition coefficient (Wildman–Crippen LogP) is 2.65. The molecule has 13 heavy (non-hydrogen) atoms. The smallest absolute Gasteiger partial charge is 0.363 e. The third kappa shape index (κ3) is 4.40. The molecule has 1 unspecified atom stereocenters. The van der Waals surface area contributed by atoms with Crippen LogP contribution in [-0.4, -0.2) is 31.2 Å². The van der Waals surface area contributed by atoms with E-state index in [9.17, 15) is 22.0 Å². The van der Waals surface area contributed by atoms with Gasteiger partial charge in [-0.3, -0.25) is 0 Å². The van der Waals surface area contributed by atoms with Crippen LogP contribution in [0.5, 0.6) is 0 Å². The van der Waals surface area contributed by atoms with Crippen molar-refractivity contribution in [3.8, 4) is 0 Å². The van der Waals surface area contributed by atoms with E-state index in [1.807, 2.05) is 0 Å². The number of rotatable bonds is 4. The summed E-state index contributed by atoms with van der Waals surface area (Å²) in [5, 5.41) is 0. The van der Waals surface area contributed by atoms with Crippen molar-refractivity contribution in [2.45, 2.75) is 31.8 Å². The molecule has 0 saturated heterocycles. The minimum atomic E-state index is -4.81. The van der Waals surface area contributed by atoms with Gasteiger partial charge in [0.15, 0.2) is 6.10 Å². The van der Waals surface area contributed by atoms with Crippen LogP contribution in [0.1, 0.15) is 13.8 Å². The molecule has 0 amide bonds. The van der Waals surface area contributed by atoms with Crippen molar-refractivity contribution in [3.05, 3.63) is 0 Å². The molecule has 6 heteroatoms. The fraction of sp³-hybridized carbons (Fsp3) is 1.00. The Labute approximate surface area is 72.9 Å². The Balaban J connectivity index is 4.39. The Morgan fingerprint density at radius 2 is 1.62 bits per heavy atom. The third-order valence-corrected chi connectivity index (χ3v) is 1.28. The first-order valence-electron chi connectivity index (χ1n) is 3.62. The second-order valence-electron chi connectivity index (χ2n) is 3.05. The van der Waals surface area contributed by atoms with Gasteiger partial charge < -0.3 is 4.74 Å². The van der Waals surface area contributed by atoms with Gasteiger partial charge in [-0.25, -0.2) is 8.78 Å². The van der Waals surface area contributed by atoms with E-state index >= 15 is 0 Å². The maximum Gasteiger partial charge on any atom is 0.417 e. The molecule has 0 N–H and O–H groups in total. The van der Waals surface area contributed by atoms with Crippen molar-refractivity contribution < 1.29 is 26.7 Å².